The van der Waals surface area contributed by atoms with Crippen molar-refractivity contribution in [1.82, 2.24) is 4.90 Å². The van der Waals surface area contributed by atoms with Crippen LogP contribution in [-0.2, 0) is 6.42 Å². The monoisotopic (exact) mass is 232 g/mol. The molecular formula is C15H24N2. The van der Waals surface area contributed by atoms with Crippen LogP contribution in [0.25, 0.3) is 0 Å². The second-order valence-corrected chi connectivity index (χ2v) is 5.31. The van der Waals surface area contributed by atoms with Gasteiger partial charge in [0, 0.05) is 19.1 Å². The maximum absolute atomic E-state index is 6.16. The lowest BCUT2D eigenvalue weighted by atomic mass is 9.89. The van der Waals surface area contributed by atoms with Gasteiger partial charge >= 0.3 is 0 Å². The first-order valence-corrected chi connectivity index (χ1v) is 6.79. The molecule has 2 atom stereocenters. The van der Waals surface area contributed by atoms with E-state index < -0.39 is 0 Å². The third-order valence-electron chi connectivity index (χ3n) is 3.55. The van der Waals surface area contributed by atoms with Gasteiger partial charge in [0.05, 0.1) is 0 Å². The van der Waals surface area contributed by atoms with E-state index in [-0.39, 0.29) is 0 Å². The Morgan fingerprint density at radius 2 is 2.00 bits per heavy atom. The number of nitrogens with two attached hydrogens (primary N) is 1. The molecule has 0 spiro atoms. The molecule has 2 rings (SSSR count). The minimum Gasteiger partial charge on any atom is -0.327 e. The molecule has 2 nitrogen and oxygen atoms in total. The van der Waals surface area contributed by atoms with Gasteiger partial charge in [0.15, 0.2) is 0 Å². The average Bonchev–Trinajstić information content (AvgIpc) is 2.30. The van der Waals surface area contributed by atoms with E-state index in [1.54, 1.807) is 0 Å². The summed E-state index contributed by atoms with van der Waals surface area (Å²) in [6, 6.07) is 11.2. The molecule has 0 aliphatic carbocycles. The van der Waals surface area contributed by atoms with Gasteiger partial charge in [0.25, 0.3) is 0 Å². The first-order chi connectivity index (χ1) is 8.28. The minimum atomic E-state index is 0.365. The fourth-order valence-corrected chi connectivity index (χ4v) is 2.94. The average molecular weight is 232 g/mol. The molecule has 1 fully saturated rings. The third-order valence-corrected chi connectivity index (χ3v) is 3.55. The second-order valence-electron chi connectivity index (χ2n) is 5.31. The Bertz CT molecular complexity index is 323. The zero-order valence-corrected chi connectivity index (χ0v) is 10.8. The quantitative estimate of drug-likeness (QED) is 0.863. The highest BCUT2D eigenvalue weighted by Crippen LogP contribution is 2.20. The summed E-state index contributed by atoms with van der Waals surface area (Å²) in [5.74, 6) is 0.729. The molecule has 94 valence electrons. The molecule has 1 aliphatic heterocycles. The molecule has 2 N–H and O–H groups in total. The zero-order valence-electron chi connectivity index (χ0n) is 10.8. The molecule has 0 saturated carbocycles. The number of hydrogen-bond acceptors (Lipinski definition) is 2. The standard InChI is InChI=1S/C15H24N2/c1-2-8-17-11-14(10-15(16)12-17)9-13-6-4-3-5-7-13/h3-7,14-15H,2,8-12,16H2,1H3. The van der Waals surface area contributed by atoms with Crippen molar-refractivity contribution in [1.29, 1.82) is 0 Å². The van der Waals surface area contributed by atoms with Gasteiger partial charge in [-0.25, -0.2) is 0 Å². The van der Waals surface area contributed by atoms with E-state index >= 15 is 0 Å². The number of piperidine rings is 1. The molecule has 0 amide bonds. The van der Waals surface area contributed by atoms with Crippen LogP contribution in [0.1, 0.15) is 25.3 Å². The maximum Gasteiger partial charge on any atom is 0.0171 e. The van der Waals surface area contributed by atoms with Crippen LogP contribution in [0.3, 0.4) is 0 Å². The van der Waals surface area contributed by atoms with E-state index in [2.05, 4.69) is 42.2 Å². The fraction of sp³-hybridized carbons (Fsp3) is 0.600. The molecule has 1 aromatic rings. The Balaban J connectivity index is 1.92. The van der Waals surface area contributed by atoms with Gasteiger partial charge in [-0.2, -0.15) is 0 Å². The summed E-state index contributed by atoms with van der Waals surface area (Å²) in [5.41, 5.74) is 7.61. The predicted molar refractivity (Wildman–Crippen MR) is 73.0 cm³/mol. The normalized spacial score (nSPS) is 26.0. The van der Waals surface area contributed by atoms with Crippen LogP contribution in [0.4, 0.5) is 0 Å². The Hall–Kier alpha value is -0.860. The summed E-state index contributed by atoms with van der Waals surface area (Å²) in [6.07, 6.45) is 3.58. The van der Waals surface area contributed by atoms with E-state index in [0.717, 1.165) is 12.5 Å². The molecule has 0 aromatic heterocycles. The van der Waals surface area contributed by atoms with Crippen LogP contribution in [0.5, 0.6) is 0 Å². The number of likely N-dealkylation sites (tertiary alicyclic amines) is 1. The summed E-state index contributed by atoms with van der Waals surface area (Å²) in [7, 11) is 0. The van der Waals surface area contributed by atoms with Crippen LogP contribution in [0.15, 0.2) is 30.3 Å². The third kappa shape index (κ3) is 3.83. The number of benzene rings is 1. The van der Waals surface area contributed by atoms with Crippen molar-refractivity contribution in [2.45, 2.75) is 32.2 Å². The Morgan fingerprint density at radius 3 is 2.71 bits per heavy atom. The molecule has 0 radical (unpaired) electrons. The van der Waals surface area contributed by atoms with Gasteiger partial charge in [0.1, 0.15) is 0 Å². The summed E-state index contributed by atoms with van der Waals surface area (Å²) < 4.78 is 0. The van der Waals surface area contributed by atoms with Gasteiger partial charge in [-0.1, -0.05) is 37.3 Å². The van der Waals surface area contributed by atoms with Crippen LogP contribution in [-0.4, -0.2) is 30.6 Å². The van der Waals surface area contributed by atoms with Crippen molar-refractivity contribution >= 4 is 0 Å². The van der Waals surface area contributed by atoms with Crippen molar-refractivity contribution in [3.63, 3.8) is 0 Å². The lowest BCUT2D eigenvalue weighted by molar-refractivity contribution is 0.156. The first-order valence-electron chi connectivity index (χ1n) is 6.79. The molecule has 1 aliphatic rings. The summed E-state index contributed by atoms with van der Waals surface area (Å²) in [4.78, 5) is 2.53. The topological polar surface area (TPSA) is 29.3 Å². The predicted octanol–water partition coefficient (Wildman–Crippen LogP) is 2.29. The number of nitrogens with zero attached hydrogens (tertiary/aromatic N) is 1. The van der Waals surface area contributed by atoms with Crippen molar-refractivity contribution in [2.75, 3.05) is 19.6 Å². The van der Waals surface area contributed by atoms with Crippen LogP contribution in [0, 0.1) is 5.92 Å². The zero-order chi connectivity index (χ0) is 12.1. The minimum absolute atomic E-state index is 0.365. The van der Waals surface area contributed by atoms with E-state index in [1.165, 1.54) is 37.9 Å². The van der Waals surface area contributed by atoms with Crippen LogP contribution in [0.2, 0.25) is 0 Å². The van der Waals surface area contributed by atoms with Crippen LogP contribution < -0.4 is 5.73 Å². The highest BCUT2D eigenvalue weighted by atomic mass is 15.1. The highest BCUT2D eigenvalue weighted by Gasteiger charge is 2.24. The highest BCUT2D eigenvalue weighted by molar-refractivity contribution is 5.15. The van der Waals surface area contributed by atoms with Gasteiger partial charge in [-0.3, -0.25) is 0 Å². The first kappa shape index (κ1) is 12.6. The molecule has 17 heavy (non-hydrogen) atoms. The van der Waals surface area contributed by atoms with E-state index in [0.29, 0.717) is 6.04 Å². The molecule has 2 heteroatoms. The van der Waals surface area contributed by atoms with Gasteiger partial charge in [0.2, 0.25) is 0 Å². The second kappa shape index (κ2) is 6.18. The van der Waals surface area contributed by atoms with E-state index in [9.17, 15) is 0 Å². The smallest absolute Gasteiger partial charge is 0.0171 e. The van der Waals surface area contributed by atoms with E-state index in [4.69, 9.17) is 5.73 Å². The largest absolute Gasteiger partial charge is 0.327 e. The number of rotatable bonds is 4. The summed E-state index contributed by atoms with van der Waals surface area (Å²) in [5, 5.41) is 0. The van der Waals surface area contributed by atoms with Crippen molar-refractivity contribution in [3.8, 4) is 0 Å². The van der Waals surface area contributed by atoms with E-state index in [1.807, 2.05) is 0 Å². The van der Waals surface area contributed by atoms with Crippen LogP contribution >= 0.6 is 0 Å². The van der Waals surface area contributed by atoms with Gasteiger partial charge < -0.3 is 10.6 Å². The molecule has 1 saturated heterocycles. The van der Waals surface area contributed by atoms with Gasteiger partial charge in [-0.15, -0.1) is 0 Å². The lowest BCUT2D eigenvalue weighted by Crippen LogP contribution is -2.47. The Kier molecular flexibility index (Phi) is 4.57. The van der Waals surface area contributed by atoms with Crippen molar-refractivity contribution in [2.24, 2.45) is 11.7 Å². The molecule has 1 heterocycles. The van der Waals surface area contributed by atoms with Crippen molar-refractivity contribution in [3.05, 3.63) is 35.9 Å². The summed E-state index contributed by atoms with van der Waals surface area (Å²) >= 11 is 0. The van der Waals surface area contributed by atoms with Crippen molar-refractivity contribution < 1.29 is 0 Å². The molecular weight excluding hydrogens is 208 g/mol. The van der Waals surface area contributed by atoms with Gasteiger partial charge in [-0.05, 0) is 37.3 Å². The Morgan fingerprint density at radius 1 is 1.24 bits per heavy atom. The number of hydrogen-bond donors (Lipinski definition) is 1. The summed E-state index contributed by atoms with van der Waals surface area (Å²) in [6.45, 7) is 5.74. The maximum atomic E-state index is 6.16. The fourth-order valence-electron chi connectivity index (χ4n) is 2.94. The molecule has 0 bridgehead atoms. The lowest BCUT2D eigenvalue weighted by Gasteiger charge is -2.36. The molecule has 2 unspecified atom stereocenters. The Labute approximate surface area is 105 Å². The SMILES string of the molecule is CCCN1CC(N)CC(Cc2ccccc2)C1. The molecule has 1 aromatic carbocycles.